The van der Waals surface area contributed by atoms with E-state index in [4.69, 9.17) is 33.9 Å². The van der Waals surface area contributed by atoms with E-state index in [0.29, 0.717) is 10.3 Å². The van der Waals surface area contributed by atoms with Crippen LogP contribution in [0.15, 0.2) is 60.7 Å². The lowest BCUT2D eigenvalue weighted by atomic mass is 9.62. The van der Waals surface area contributed by atoms with Crippen LogP contribution >= 0.6 is 24.4 Å². The Hall–Kier alpha value is -2.18. The lowest BCUT2D eigenvalue weighted by Crippen LogP contribution is -2.51. The van der Waals surface area contributed by atoms with Crippen LogP contribution in [0.5, 0.6) is 11.5 Å². The van der Waals surface area contributed by atoms with Gasteiger partial charge in [-0.25, -0.2) is 0 Å². The fourth-order valence-electron chi connectivity index (χ4n) is 4.58. The van der Waals surface area contributed by atoms with Gasteiger partial charge in [0.2, 0.25) is 0 Å². The van der Waals surface area contributed by atoms with Gasteiger partial charge in [-0.3, -0.25) is 0 Å². The van der Waals surface area contributed by atoms with Crippen LogP contribution in [0, 0.1) is 10.8 Å². The molecule has 0 heterocycles. The lowest BCUT2D eigenvalue weighted by Gasteiger charge is -2.47. The number of para-hydroxylation sites is 2. The number of benzene rings is 2. The quantitative estimate of drug-likeness (QED) is 0.598. The highest BCUT2D eigenvalue weighted by Crippen LogP contribution is 2.45. The van der Waals surface area contributed by atoms with Gasteiger partial charge in [0.15, 0.2) is 0 Å². The molecule has 0 bridgehead atoms. The van der Waals surface area contributed by atoms with Gasteiger partial charge in [-0.15, -0.1) is 0 Å². The predicted molar refractivity (Wildman–Crippen MR) is 130 cm³/mol. The molecule has 0 spiro atoms. The van der Waals surface area contributed by atoms with E-state index in [1.54, 1.807) is 0 Å². The summed E-state index contributed by atoms with van der Waals surface area (Å²) >= 11 is 10.9. The van der Waals surface area contributed by atoms with Crippen molar-refractivity contribution >= 4 is 34.8 Å². The second kappa shape index (κ2) is 9.75. The second-order valence-electron chi connectivity index (χ2n) is 9.16. The number of ether oxygens (including phenoxy) is 2. The number of hydrogen-bond acceptors (Lipinski definition) is 4. The van der Waals surface area contributed by atoms with Crippen LogP contribution in [-0.4, -0.2) is 22.9 Å². The molecule has 6 heteroatoms. The summed E-state index contributed by atoms with van der Waals surface area (Å²) in [6.07, 6.45) is 3.09. The second-order valence-corrected chi connectivity index (χ2v) is 9.90. The van der Waals surface area contributed by atoms with Gasteiger partial charge >= 0.3 is 0 Å². The Morgan fingerprint density at radius 1 is 0.867 bits per heavy atom. The van der Waals surface area contributed by atoms with Gasteiger partial charge in [-0.2, -0.15) is 0 Å². The molecule has 2 atom stereocenters. The molecule has 4 nitrogen and oxygen atoms in total. The third-order valence-corrected chi connectivity index (χ3v) is 5.76. The minimum absolute atomic E-state index is 0.0475. The number of rotatable bonds is 5. The van der Waals surface area contributed by atoms with E-state index in [2.05, 4.69) is 31.4 Å². The molecule has 0 amide bonds. The normalized spacial score (nSPS) is 22.6. The van der Waals surface area contributed by atoms with Crippen molar-refractivity contribution in [3.63, 3.8) is 0 Å². The van der Waals surface area contributed by atoms with E-state index in [1.807, 2.05) is 60.7 Å². The van der Waals surface area contributed by atoms with Crippen LogP contribution in [0.4, 0.5) is 0 Å². The van der Waals surface area contributed by atoms with Crippen molar-refractivity contribution in [3.8, 4) is 11.5 Å². The van der Waals surface area contributed by atoms with Crippen molar-refractivity contribution in [2.45, 2.75) is 46.1 Å². The fourth-order valence-corrected chi connectivity index (χ4v) is 5.01. The lowest BCUT2D eigenvalue weighted by molar-refractivity contribution is 0.0787. The average Bonchev–Trinajstić information content (AvgIpc) is 2.66. The zero-order chi connectivity index (χ0) is 21.6. The van der Waals surface area contributed by atoms with E-state index in [-0.39, 0.29) is 16.9 Å². The average molecular weight is 443 g/mol. The van der Waals surface area contributed by atoms with E-state index in [1.165, 1.54) is 0 Å². The van der Waals surface area contributed by atoms with E-state index in [9.17, 15) is 0 Å². The van der Waals surface area contributed by atoms with Gasteiger partial charge in [0, 0.05) is 12.6 Å². The zero-order valence-corrected chi connectivity index (χ0v) is 19.4. The van der Waals surface area contributed by atoms with Crippen molar-refractivity contribution in [1.82, 2.24) is 10.6 Å². The molecule has 2 aromatic rings. The maximum Gasteiger partial charge on any atom is 0.262 e. The molecule has 0 aromatic heterocycles. The molecule has 1 unspecified atom stereocenters. The molecule has 160 valence electrons. The van der Waals surface area contributed by atoms with Gasteiger partial charge in [0.25, 0.3) is 10.3 Å². The van der Waals surface area contributed by atoms with Crippen molar-refractivity contribution in [2.75, 3.05) is 6.54 Å². The maximum atomic E-state index is 5.78. The highest BCUT2D eigenvalue weighted by atomic mass is 32.1. The van der Waals surface area contributed by atoms with Crippen LogP contribution in [0.3, 0.4) is 0 Å². The van der Waals surface area contributed by atoms with Crippen molar-refractivity contribution < 1.29 is 9.47 Å². The minimum atomic E-state index is 0.0475. The van der Waals surface area contributed by atoms with Crippen molar-refractivity contribution in [1.29, 1.82) is 0 Å². The Bertz CT molecular complexity index is 858. The van der Waals surface area contributed by atoms with Crippen LogP contribution in [-0.2, 0) is 0 Å². The zero-order valence-electron chi connectivity index (χ0n) is 17.8. The number of hydrogen-bond donors (Lipinski definition) is 2. The number of thiocarbonyl (C=S) groups is 2. The SMILES string of the molecule is CC1(C)CC(NC(=S)Oc2ccccc2)C[C@](C)(CNC(=S)Oc2ccccc2)C1. The van der Waals surface area contributed by atoms with Crippen LogP contribution in [0.2, 0.25) is 0 Å². The summed E-state index contributed by atoms with van der Waals surface area (Å²) in [5, 5.41) is 7.55. The molecule has 2 N–H and O–H groups in total. The van der Waals surface area contributed by atoms with Gasteiger partial charge in [0.1, 0.15) is 11.5 Å². The van der Waals surface area contributed by atoms with Gasteiger partial charge < -0.3 is 20.1 Å². The van der Waals surface area contributed by atoms with E-state index in [0.717, 1.165) is 37.3 Å². The summed E-state index contributed by atoms with van der Waals surface area (Å²) in [5.41, 5.74) is 0.225. The number of nitrogens with one attached hydrogen (secondary N) is 2. The Balaban J connectivity index is 1.56. The smallest absolute Gasteiger partial charge is 0.262 e. The first-order valence-electron chi connectivity index (χ1n) is 10.3. The maximum absolute atomic E-state index is 5.78. The van der Waals surface area contributed by atoms with Crippen LogP contribution in [0.1, 0.15) is 40.0 Å². The van der Waals surface area contributed by atoms with Gasteiger partial charge in [-0.05, 0) is 78.8 Å². The Kier molecular flexibility index (Phi) is 7.32. The first-order chi connectivity index (χ1) is 14.2. The van der Waals surface area contributed by atoms with Crippen molar-refractivity contribution in [2.24, 2.45) is 10.8 Å². The highest BCUT2D eigenvalue weighted by molar-refractivity contribution is 7.80. The summed E-state index contributed by atoms with van der Waals surface area (Å²) in [5.74, 6) is 1.49. The van der Waals surface area contributed by atoms with Crippen LogP contribution < -0.4 is 20.1 Å². The van der Waals surface area contributed by atoms with E-state index >= 15 is 0 Å². The highest BCUT2D eigenvalue weighted by Gasteiger charge is 2.41. The topological polar surface area (TPSA) is 42.5 Å². The summed E-state index contributed by atoms with van der Waals surface area (Å²) in [6.45, 7) is 7.65. The summed E-state index contributed by atoms with van der Waals surface area (Å²) in [7, 11) is 0. The Morgan fingerprint density at radius 3 is 1.97 bits per heavy atom. The first kappa shape index (κ1) is 22.5. The molecule has 3 rings (SSSR count). The Morgan fingerprint density at radius 2 is 1.40 bits per heavy atom. The molecule has 0 aliphatic heterocycles. The predicted octanol–water partition coefficient (Wildman–Crippen LogP) is 5.48. The van der Waals surface area contributed by atoms with E-state index < -0.39 is 0 Å². The molecule has 0 saturated heterocycles. The molecule has 1 saturated carbocycles. The monoisotopic (exact) mass is 442 g/mol. The third-order valence-electron chi connectivity index (χ3n) is 5.33. The molecule has 0 radical (unpaired) electrons. The molecule has 30 heavy (non-hydrogen) atoms. The molecule has 2 aromatic carbocycles. The standard InChI is InChI=1S/C24H30N2O2S2/c1-23(2)14-18(26-22(30)28-20-12-8-5-9-13-20)15-24(3,16-23)17-25-21(29)27-19-10-6-4-7-11-19/h4-13,18H,14-17H2,1-3H3,(H,25,29)(H,26,30)/t18?,24-/m0/s1. The third kappa shape index (κ3) is 6.96. The first-order valence-corrected chi connectivity index (χ1v) is 11.1. The summed E-state index contributed by atoms with van der Waals surface area (Å²) < 4.78 is 11.5. The Labute approximate surface area is 190 Å². The van der Waals surface area contributed by atoms with Gasteiger partial charge in [-0.1, -0.05) is 57.2 Å². The molecular weight excluding hydrogens is 412 g/mol. The van der Waals surface area contributed by atoms with Gasteiger partial charge in [0.05, 0.1) is 0 Å². The molecule has 1 aliphatic carbocycles. The van der Waals surface area contributed by atoms with Crippen molar-refractivity contribution in [3.05, 3.63) is 60.7 Å². The minimum Gasteiger partial charge on any atom is -0.432 e. The summed E-state index contributed by atoms with van der Waals surface area (Å²) in [6, 6.07) is 19.5. The largest absolute Gasteiger partial charge is 0.432 e. The molecular formula is C24H30N2O2S2. The molecule has 1 aliphatic rings. The fraction of sp³-hybridized carbons (Fsp3) is 0.417. The van der Waals surface area contributed by atoms with Crippen LogP contribution in [0.25, 0.3) is 0 Å². The summed E-state index contributed by atoms with van der Waals surface area (Å²) in [4.78, 5) is 0. The molecule has 1 fully saturated rings.